The summed E-state index contributed by atoms with van der Waals surface area (Å²) in [6.07, 6.45) is 10.2. The van der Waals surface area contributed by atoms with Gasteiger partial charge in [0, 0.05) is 31.2 Å². The Labute approximate surface area is 178 Å². The molecule has 1 aromatic carbocycles. The molecule has 30 heavy (non-hydrogen) atoms. The molecule has 164 valence electrons. The van der Waals surface area contributed by atoms with E-state index >= 15 is 0 Å². The van der Waals surface area contributed by atoms with Crippen molar-refractivity contribution in [2.75, 3.05) is 18.0 Å². The van der Waals surface area contributed by atoms with Crippen molar-refractivity contribution in [3.8, 4) is 0 Å². The van der Waals surface area contributed by atoms with Gasteiger partial charge in [-0.05, 0) is 61.8 Å². The van der Waals surface area contributed by atoms with Crippen molar-refractivity contribution in [2.45, 2.75) is 76.2 Å². The number of halogens is 1. The maximum atomic E-state index is 13.9. The molecule has 0 bridgehead atoms. The molecule has 1 aliphatic heterocycles. The zero-order valence-electron chi connectivity index (χ0n) is 18.0. The molecule has 0 aromatic heterocycles. The number of hydrogen-bond acceptors (Lipinski definition) is 3. The van der Waals surface area contributed by atoms with Crippen LogP contribution in [0.5, 0.6) is 0 Å². The summed E-state index contributed by atoms with van der Waals surface area (Å²) in [6, 6.07) is 4.63. The van der Waals surface area contributed by atoms with Crippen molar-refractivity contribution in [1.82, 2.24) is 5.32 Å². The van der Waals surface area contributed by atoms with Gasteiger partial charge in [0.15, 0.2) is 0 Å². The van der Waals surface area contributed by atoms with Gasteiger partial charge in [0.1, 0.15) is 5.82 Å². The van der Waals surface area contributed by atoms with Crippen molar-refractivity contribution in [1.29, 1.82) is 0 Å². The first-order chi connectivity index (χ1) is 14.4. The van der Waals surface area contributed by atoms with Gasteiger partial charge >= 0.3 is 0 Å². The van der Waals surface area contributed by atoms with Gasteiger partial charge in [0.25, 0.3) is 0 Å². The number of primary amides is 1. The molecule has 1 aromatic rings. The van der Waals surface area contributed by atoms with Crippen molar-refractivity contribution < 1.29 is 14.0 Å². The summed E-state index contributed by atoms with van der Waals surface area (Å²) >= 11 is 0. The molecule has 1 unspecified atom stereocenters. The summed E-state index contributed by atoms with van der Waals surface area (Å²) < 4.78 is 13.9. The first-order valence-electron chi connectivity index (χ1n) is 11.5. The van der Waals surface area contributed by atoms with E-state index in [0.717, 1.165) is 24.9 Å². The topological polar surface area (TPSA) is 75.4 Å². The lowest BCUT2D eigenvalue weighted by atomic mass is 9.84. The first-order valence-corrected chi connectivity index (χ1v) is 11.5. The Morgan fingerprint density at radius 1 is 1.23 bits per heavy atom. The SMILES string of the molecule is CC1(C(N)=O)CN(C[C@@H](NC(=O)CCC2CCCCC2)C2CC2)c2ccc(F)cc21. The molecule has 3 N–H and O–H groups in total. The van der Waals surface area contributed by atoms with E-state index in [0.29, 0.717) is 36.9 Å². The second kappa shape index (κ2) is 8.56. The van der Waals surface area contributed by atoms with E-state index in [1.54, 1.807) is 13.0 Å². The smallest absolute Gasteiger partial charge is 0.229 e. The Hall–Kier alpha value is -2.11. The number of benzene rings is 1. The summed E-state index contributed by atoms with van der Waals surface area (Å²) in [5.41, 5.74) is 6.27. The number of nitrogens with two attached hydrogens (primary N) is 1. The monoisotopic (exact) mass is 415 g/mol. The molecule has 2 atom stereocenters. The minimum Gasteiger partial charge on any atom is -0.369 e. The molecule has 2 saturated carbocycles. The van der Waals surface area contributed by atoms with Crippen LogP contribution in [0.25, 0.3) is 0 Å². The predicted molar refractivity (Wildman–Crippen MR) is 116 cm³/mol. The van der Waals surface area contributed by atoms with Gasteiger partial charge in [0.05, 0.1) is 5.41 Å². The predicted octanol–water partition coefficient (Wildman–Crippen LogP) is 3.64. The maximum Gasteiger partial charge on any atom is 0.229 e. The molecule has 0 radical (unpaired) electrons. The maximum absolute atomic E-state index is 13.9. The van der Waals surface area contributed by atoms with Crippen LogP contribution in [0.1, 0.15) is 70.3 Å². The Kier molecular flexibility index (Phi) is 6.03. The second-order valence-electron chi connectivity index (χ2n) is 9.79. The molecule has 3 aliphatic rings. The Morgan fingerprint density at radius 2 is 1.97 bits per heavy atom. The van der Waals surface area contributed by atoms with E-state index in [2.05, 4.69) is 10.2 Å². The number of carbonyl (C=O) groups excluding carboxylic acids is 2. The first kappa shape index (κ1) is 21.1. The molecular weight excluding hydrogens is 381 g/mol. The minimum atomic E-state index is -0.920. The van der Waals surface area contributed by atoms with Crippen LogP contribution in [-0.4, -0.2) is 30.9 Å². The highest BCUT2D eigenvalue weighted by molar-refractivity contribution is 5.91. The normalized spacial score (nSPS) is 25.1. The average molecular weight is 416 g/mol. The fourth-order valence-electron chi connectivity index (χ4n) is 5.29. The third-order valence-electron chi connectivity index (χ3n) is 7.40. The molecule has 0 spiro atoms. The van der Waals surface area contributed by atoms with E-state index in [1.165, 1.54) is 44.2 Å². The largest absolute Gasteiger partial charge is 0.369 e. The van der Waals surface area contributed by atoms with E-state index in [1.807, 2.05) is 0 Å². The number of nitrogens with zero attached hydrogens (tertiary/aromatic N) is 1. The van der Waals surface area contributed by atoms with Crippen molar-refractivity contribution >= 4 is 17.5 Å². The lowest BCUT2D eigenvalue weighted by Gasteiger charge is -2.29. The Bertz CT molecular complexity index is 804. The zero-order valence-corrected chi connectivity index (χ0v) is 18.0. The van der Waals surface area contributed by atoms with Crippen LogP contribution in [0.15, 0.2) is 18.2 Å². The third kappa shape index (κ3) is 4.47. The number of anilines is 1. The van der Waals surface area contributed by atoms with E-state index in [4.69, 9.17) is 5.73 Å². The summed E-state index contributed by atoms with van der Waals surface area (Å²) in [5, 5.41) is 3.27. The fourth-order valence-corrected chi connectivity index (χ4v) is 5.29. The lowest BCUT2D eigenvalue weighted by molar-refractivity contribution is -0.123. The van der Waals surface area contributed by atoms with Crippen LogP contribution < -0.4 is 16.0 Å². The van der Waals surface area contributed by atoms with Gasteiger partial charge in [-0.1, -0.05) is 32.1 Å². The summed E-state index contributed by atoms with van der Waals surface area (Å²) in [4.78, 5) is 27.0. The number of carbonyl (C=O) groups is 2. The molecule has 0 saturated heterocycles. The minimum absolute atomic E-state index is 0.0528. The number of rotatable bonds is 8. The van der Waals surface area contributed by atoms with Gasteiger partial charge in [-0.2, -0.15) is 0 Å². The van der Waals surface area contributed by atoms with Crippen LogP contribution in [0, 0.1) is 17.7 Å². The van der Waals surface area contributed by atoms with E-state index < -0.39 is 11.3 Å². The van der Waals surface area contributed by atoms with Gasteiger partial charge in [0.2, 0.25) is 11.8 Å². The average Bonchev–Trinajstić information content (AvgIpc) is 3.53. The number of nitrogens with one attached hydrogen (secondary N) is 1. The fraction of sp³-hybridized carbons (Fsp3) is 0.667. The van der Waals surface area contributed by atoms with Crippen LogP contribution in [-0.2, 0) is 15.0 Å². The molecule has 2 fully saturated rings. The molecule has 2 amide bonds. The number of fused-ring (bicyclic) bond motifs is 1. The summed E-state index contributed by atoms with van der Waals surface area (Å²) in [7, 11) is 0. The number of amides is 2. The van der Waals surface area contributed by atoms with Gasteiger partial charge < -0.3 is 16.0 Å². The summed E-state index contributed by atoms with van der Waals surface area (Å²) in [5.74, 6) is 0.497. The Balaban J connectivity index is 1.41. The molecule has 4 rings (SSSR count). The molecule has 2 aliphatic carbocycles. The standard InChI is InChI=1S/C24H34FN3O2/c1-24(23(26)30)15-28(21-11-10-18(25)13-19(21)24)14-20(17-8-9-17)27-22(29)12-7-16-5-3-2-4-6-16/h10-11,13,16-17,20H,2-9,12,14-15H2,1H3,(H2,26,30)(H,27,29)/t20-,24?/m1/s1. The number of hydrogen-bond donors (Lipinski definition) is 2. The molecular formula is C24H34FN3O2. The summed E-state index contributed by atoms with van der Waals surface area (Å²) in [6.45, 7) is 2.83. The van der Waals surface area contributed by atoms with Crippen molar-refractivity contribution in [2.24, 2.45) is 17.6 Å². The lowest BCUT2D eigenvalue weighted by Crippen LogP contribution is -2.48. The van der Waals surface area contributed by atoms with Gasteiger partial charge in [-0.3, -0.25) is 9.59 Å². The van der Waals surface area contributed by atoms with Crippen LogP contribution in [0.4, 0.5) is 10.1 Å². The Morgan fingerprint density at radius 3 is 2.63 bits per heavy atom. The highest BCUT2D eigenvalue weighted by Gasteiger charge is 2.45. The molecule has 5 nitrogen and oxygen atoms in total. The van der Waals surface area contributed by atoms with E-state index in [-0.39, 0.29) is 17.8 Å². The highest BCUT2D eigenvalue weighted by atomic mass is 19.1. The van der Waals surface area contributed by atoms with Crippen LogP contribution >= 0.6 is 0 Å². The third-order valence-corrected chi connectivity index (χ3v) is 7.40. The second-order valence-corrected chi connectivity index (χ2v) is 9.79. The van der Waals surface area contributed by atoms with Crippen molar-refractivity contribution in [3.63, 3.8) is 0 Å². The van der Waals surface area contributed by atoms with Crippen LogP contribution in [0.2, 0.25) is 0 Å². The molecule has 6 heteroatoms. The zero-order chi connectivity index (χ0) is 21.3. The van der Waals surface area contributed by atoms with Crippen molar-refractivity contribution in [3.05, 3.63) is 29.6 Å². The highest BCUT2D eigenvalue weighted by Crippen LogP contribution is 2.42. The van der Waals surface area contributed by atoms with E-state index in [9.17, 15) is 14.0 Å². The quantitative estimate of drug-likeness (QED) is 0.681. The van der Waals surface area contributed by atoms with Crippen LogP contribution in [0.3, 0.4) is 0 Å². The van der Waals surface area contributed by atoms with Gasteiger partial charge in [-0.25, -0.2) is 4.39 Å². The molecule has 1 heterocycles. The van der Waals surface area contributed by atoms with Gasteiger partial charge in [-0.15, -0.1) is 0 Å².